The molecule has 1 amide bonds. The molecule has 0 saturated heterocycles. The predicted molar refractivity (Wildman–Crippen MR) is 256 cm³/mol. The molecule has 8 rings (SSSR count). The number of benzene rings is 7. The smallest absolute Gasteiger partial charge is 0.252 e. The summed E-state index contributed by atoms with van der Waals surface area (Å²) in [6, 6.07) is 58.7. The van der Waals surface area contributed by atoms with Crippen molar-refractivity contribution in [3.8, 4) is 28.4 Å². The summed E-state index contributed by atoms with van der Waals surface area (Å²) < 4.78 is 53.0. The highest BCUT2D eigenvalue weighted by atomic mass is 32.2. The van der Waals surface area contributed by atoms with E-state index in [0.717, 1.165) is 27.8 Å². The number of hydrogen-bond donors (Lipinski definition) is 2. The van der Waals surface area contributed by atoms with E-state index in [-0.39, 0.29) is 36.1 Å². The zero-order valence-corrected chi connectivity index (χ0v) is 37.3. The molecule has 0 unspecified atom stereocenters. The molecule has 7 aromatic rings. The number of amides is 1. The summed E-state index contributed by atoms with van der Waals surface area (Å²) in [5.74, 6) is 1.13. The second-order valence-electron chi connectivity index (χ2n) is 16.0. The Bertz CT molecular complexity index is 2790. The fourth-order valence-electron chi connectivity index (χ4n) is 7.77. The van der Waals surface area contributed by atoms with Crippen LogP contribution in [0.1, 0.15) is 46.8 Å². The molecule has 1 aliphatic heterocycles. The summed E-state index contributed by atoms with van der Waals surface area (Å²) in [6.07, 6.45) is -0.236. The number of aliphatic imine (C=N–C) groups is 1. The van der Waals surface area contributed by atoms with E-state index in [1.807, 2.05) is 133 Å². The number of sulfone groups is 1. The summed E-state index contributed by atoms with van der Waals surface area (Å²) in [6.45, 7) is 1.27. The van der Waals surface area contributed by atoms with Gasteiger partial charge in [0.2, 0.25) is 5.90 Å². The van der Waals surface area contributed by atoms with Crippen molar-refractivity contribution in [1.29, 1.82) is 0 Å². The Morgan fingerprint density at radius 2 is 1.21 bits per heavy atom. The lowest BCUT2D eigenvalue weighted by molar-refractivity contribution is -0.129. The molecule has 336 valence electrons. The molecule has 0 saturated carbocycles. The van der Waals surface area contributed by atoms with Gasteiger partial charge in [-0.05, 0) is 88.3 Å². The Morgan fingerprint density at radius 3 is 1.85 bits per heavy atom. The summed E-state index contributed by atoms with van der Waals surface area (Å²) in [4.78, 5) is 20.3. The topological polar surface area (TPSA) is 133 Å². The molecular weight excluding hydrogens is 849 g/mol. The minimum Gasteiger partial charge on any atom is -0.494 e. The first kappa shape index (κ1) is 45.4. The number of aliphatic hydroxyl groups is 1. The number of ether oxygens (including phenoxy) is 4. The summed E-state index contributed by atoms with van der Waals surface area (Å²) >= 11 is 0. The molecule has 11 heteroatoms. The molecule has 1 heterocycles. The van der Waals surface area contributed by atoms with Crippen LogP contribution in [-0.4, -0.2) is 56.4 Å². The Morgan fingerprint density at radius 1 is 0.636 bits per heavy atom. The van der Waals surface area contributed by atoms with E-state index < -0.39 is 27.4 Å². The van der Waals surface area contributed by atoms with E-state index in [0.29, 0.717) is 61.0 Å². The molecule has 66 heavy (non-hydrogen) atoms. The lowest BCUT2D eigenvalue weighted by atomic mass is 9.84. The average molecular weight is 901 g/mol. The molecule has 2 N–H and O–H groups in total. The zero-order valence-electron chi connectivity index (χ0n) is 36.5. The van der Waals surface area contributed by atoms with E-state index in [4.69, 9.17) is 23.9 Å². The van der Waals surface area contributed by atoms with Crippen LogP contribution in [0.15, 0.2) is 198 Å². The first-order valence-corrected chi connectivity index (χ1v) is 23.7. The summed E-state index contributed by atoms with van der Waals surface area (Å²) in [5, 5.41) is 12.4. The monoisotopic (exact) mass is 900 g/mol. The fraction of sp³-hybridized carbons (Fsp3) is 0.200. The van der Waals surface area contributed by atoms with Gasteiger partial charge in [-0.2, -0.15) is 0 Å². The number of nitrogens with one attached hydrogen (secondary N) is 1. The van der Waals surface area contributed by atoms with Crippen molar-refractivity contribution in [2.24, 2.45) is 4.99 Å². The van der Waals surface area contributed by atoms with Crippen molar-refractivity contribution >= 4 is 21.6 Å². The van der Waals surface area contributed by atoms with Crippen molar-refractivity contribution in [3.63, 3.8) is 0 Å². The second-order valence-corrected chi connectivity index (χ2v) is 18.1. The molecule has 0 bridgehead atoms. The Kier molecular flexibility index (Phi) is 14.9. The van der Waals surface area contributed by atoms with Gasteiger partial charge in [0.15, 0.2) is 33.0 Å². The molecule has 1 aliphatic rings. The van der Waals surface area contributed by atoms with Crippen LogP contribution in [0.4, 0.5) is 0 Å². The van der Waals surface area contributed by atoms with Crippen LogP contribution in [0.5, 0.6) is 17.2 Å². The highest BCUT2D eigenvalue weighted by Crippen LogP contribution is 2.44. The third-order valence-electron chi connectivity index (χ3n) is 11.4. The van der Waals surface area contributed by atoms with Gasteiger partial charge in [-0.3, -0.25) is 4.79 Å². The minimum atomic E-state index is -3.85. The van der Waals surface area contributed by atoms with Gasteiger partial charge in [0.1, 0.15) is 19.0 Å². The molecule has 0 aromatic heterocycles. The maximum Gasteiger partial charge on any atom is 0.252 e. The van der Waals surface area contributed by atoms with E-state index >= 15 is 4.79 Å². The summed E-state index contributed by atoms with van der Waals surface area (Å²) in [7, 11) is -3.85. The minimum absolute atomic E-state index is 0.0151. The molecule has 10 nitrogen and oxygen atoms in total. The van der Waals surface area contributed by atoms with Crippen molar-refractivity contribution in [2.45, 2.75) is 49.0 Å². The summed E-state index contributed by atoms with van der Waals surface area (Å²) in [5.41, 5.74) is 4.49. The van der Waals surface area contributed by atoms with Crippen LogP contribution in [0.3, 0.4) is 0 Å². The van der Waals surface area contributed by atoms with Crippen LogP contribution in [0.25, 0.3) is 11.1 Å². The molecular formula is C55H52N2O8S. The molecule has 0 radical (unpaired) electrons. The van der Waals surface area contributed by atoms with E-state index in [1.165, 1.54) is 0 Å². The fourth-order valence-corrected chi connectivity index (χ4v) is 9.16. The van der Waals surface area contributed by atoms with Gasteiger partial charge < -0.3 is 29.4 Å². The lowest BCUT2D eigenvalue weighted by Crippen LogP contribution is -2.49. The highest BCUT2D eigenvalue weighted by Gasteiger charge is 2.53. The van der Waals surface area contributed by atoms with Crippen molar-refractivity contribution in [3.05, 3.63) is 216 Å². The van der Waals surface area contributed by atoms with Gasteiger partial charge in [0.25, 0.3) is 5.91 Å². The molecule has 0 aliphatic carbocycles. The van der Waals surface area contributed by atoms with Gasteiger partial charge in [-0.25, -0.2) is 13.4 Å². The largest absolute Gasteiger partial charge is 0.494 e. The van der Waals surface area contributed by atoms with E-state index in [2.05, 4.69) is 5.32 Å². The lowest BCUT2D eigenvalue weighted by Gasteiger charge is -2.31. The van der Waals surface area contributed by atoms with Gasteiger partial charge >= 0.3 is 0 Å². The zero-order chi connectivity index (χ0) is 45.6. The van der Waals surface area contributed by atoms with Crippen molar-refractivity contribution in [1.82, 2.24) is 5.32 Å². The number of hydrogen-bond acceptors (Lipinski definition) is 9. The van der Waals surface area contributed by atoms with Crippen LogP contribution < -0.4 is 19.5 Å². The quantitative estimate of drug-likeness (QED) is 0.0682. The van der Waals surface area contributed by atoms with Gasteiger partial charge in [0.05, 0.1) is 17.3 Å². The number of carbonyl (C=O) groups excluding carboxylic acids is 1. The SMILES string of the molecule is O=C(NCCc1ccc(OCc2ccccc2)c(OCc2ccccc2)c1)[C@]1(CCS(=O)(=O)c2ccccc2)N=C(c2ccc(OCCCO)cc2)O[C@@H]1c1ccc(-c2ccccc2)cc1. The van der Waals surface area contributed by atoms with Crippen molar-refractivity contribution < 1.29 is 37.3 Å². The normalized spacial score (nSPS) is 15.6. The maximum atomic E-state index is 15.1. The van der Waals surface area contributed by atoms with Crippen LogP contribution in [0.2, 0.25) is 0 Å². The Hall–Kier alpha value is -7.21. The first-order valence-electron chi connectivity index (χ1n) is 22.1. The predicted octanol–water partition coefficient (Wildman–Crippen LogP) is 9.75. The van der Waals surface area contributed by atoms with Gasteiger partial charge in [-0.1, -0.05) is 140 Å². The third kappa shape index (κ3) is 11.4. The first-order chi connectivity index (χ1) is 32.3. The maximum absolute atomic E-state index is 15.1. The second kappa shape index (κ2) is 21.6. The standard InChI is InChI=1S/C55H52N2O8S/c58-35-13-36-62-48-29-27-47(28-30-48)53-57-55(33-37-66(60,61)49-20-11-4-12-21-49,52(65-53)46-25-23-45(24-26-46)44-18-9-3-10-19-44)54(59)56-34-32-41-22-31-50(63-39-42-14-5-1-6-15-42)51(38-41)64-40-43-16-7-2-8-17-43/h1-12,14-31,38,52,58H,13,32-37,39-40H2,(H,56,59)/t52-,55-/m1/s1. The molecule has 0 fully saturated rings. The molecule has 7 aromatic carbocycles. The number of carbonyl (C=O) groups is 1. The Labute approximate surface area is 386 Å². The van der Waals surface area contributed by atoms with Gasteiger partial charge in [0, 0.05) is 31.6 Å². The third-order valence-corrected chi connectivity index (χ3v) is 13.1. The highest BCUT2D eigenvalue weighted by molar-refractivity contribution is 7.91. The average Bonchev–Trinajstić information content (AvgIpc) is 3.77. The van der Waals surface area contributed by atoms with Crippen LogP contribution in [0, 0.1) is 0 Å². The molecule has 2 atom stereocenters. The number of rotatable bonds is 21. The van der Waals surface area contributed by atoms with Crippen LogP contribution >= 0.6 is 0 Å². The Balaban J connectivity index is 1.10. The van der Waals surface area contributed by atoms with Crippen LogP contribution in [-0.2, 0) is 39.0 Å². The van der Waals surface area contributed by atoms with Crippen molar-refractivity contribution in [2.75, 3.05) is 25.5 Å². The van der Waals surface area contributed by atoms with Gasteiger partial charge in [-0.15, -0.1) is 0 Å². The molecule has 0 spiro atoms. The number of nitrogens with zero attached hydrogens (tertiary/aromatic N) is 1. The van der Waals surface area contributed by atoms with E-state index in [9.17, 15) is 13.5 Å². The number of aliphatic hydroxyl groups excluding tert-OH is 1. The van der Waals surface area contributed by atoms with E-state index in [1.54, 1.807) is 54.6 Å².